The first kappa shape index (κ1) is 19.9. The summed E-state index contributed by atoms with van der Waals surface area (Å²) in [6.45, 7) is 5.07. The van der Waals surface area contributed by atoms with E-state index in [-0.39, 0.29) is 30.7 Å². The standard InChI is InChI=1S/C18H27N3O5S/c1-18(2,3)26-17(23)20-9-14(27(24,25)10-12-4-5-12)8-15(20)16(22)21(11-19)13-6-7-13/h12-15H,4-10H2,1-3H3. The number of nitriles is 1. The van der Waals surface area contributed by atoms with E-state index >= 15 is 0 Å². The molecule has 0 aromatic heterocycles. The molecular formula is C18H27N3O5S. The molecule has 27 heavy (non-hydrogen) atoms. The van der Waals surface area contributed by atoms with Gasteiger partial charge < -0.3 is 4.74 Å². The van der Waals surface area contributed by atoms with Gasteiger partial charge in [-0.1, -0.05) is 0 Å². The zero-order valence-electron chi connectivity index (χ0n) is 16.1. The van der Waals surface area contributed by atoms with Crippen LogP contribution in [-0.2, 0) is 19.4 Å². The van der Waals surface area contributed by atoms with Gasteiger partial charge in [0.15, 0.2) is 16.0 Å². The number of carbonyl (C=O) groups excluding carboxylic acids is 2. The Labute approximate surface area is 160 Å². The van der Waals surface area contributed by atoms with Gasteiger partial charge in [0.05, 0.1) is 11.0 Å². The minimum absolute atomic E-state index is 0.0258. The quantitative estimate of drug-likeness (QED) is 0.516. The Kier molecular flexibility index (Phi) is 5.14. The first-order chi connectivity index (χ1) is 12.5. The van der Waals surface area contributed by atoms with Crippen molar-refractivity contribution in [3.63, 3.8) is 0 Å². The van der Waals surface area contributed by atoms with Gasteiger partial charge in [-0.15, -0.1) is 0 Å². The summed E-state index contributed by atoms with van der Waals surface area (Å²) in [6.07, 6.45) is 4.54. The largest absolute Gasteiger partial charge is 0.444 e. The SMILES string of the molecule is CC(C)(C)OC(=O)N1CC(S(=O)(=O)CC2CC2)CC1C(=O)N(C#N)C1CC1. The van der Waals surface area contributed by atoms with E-state index in [0.717, 1.165) is 30.6 Å². The monoisotopic (exact) mass is 397 g/mol. The molecule has 0 aromatic rings. The second-order valence-electron chi connectivity index (χ2n) is 8.82. The summed E-state index contributed by atoms with van der Waals surface area (Å²) in [7, 11) is -3.41. The summed E-state index contributed by atoms with van der Waals surface area (Å²) < 4.78 is 30.8. The molecule has 2 amide bonds. The average molecular weight is 397 g/mol. The van der Waals surface area contributed by atoms with Crippen LogP contribution in [0.15, 0.2) is 0 Å². The smallest absolute Gasteiger partial charge is 0.411 e. The second kappa shape index (κ2) is 6.97. The normalized spacial score (nSPS) is 25.8. The zero-order chi connectivity index (χ0) is 20.0. The fourth-order valence-electron chi connectivity index (χ4n) is 3.37. The van der Waals surface area contributed by atoms with Crippen molar-refractivity contribution in [2.45, 2.75) is 75.8 Å². The maximum absolute atomic E-state index is 12.9. The second-order valence-corrected chi connectivity index (χ2v) is 11.1. The Morgan fingerprint density at radius 2 is 1.85 bits per heavy atom. The molecule has 2 unspecified atom stereocenters. The average Bonchev–Trinajstić information content (AvgIpc) is 3.46. The van der Waals surface area contributed by atoms with E-state index in [4.69, 9.17) is 4.74 Å². The molecule has 0 radical (unpaired) electrons. The van der Waals surface area contributed by atoms with Gasteiger partial charge in [0.25, 0.3) is 5.91 Å². The van der Waals surface area contributed by atoms with E-state index in [2.05, 4.69) is 0 Å². The van der Waals surface area contributed by atoms with Crippen LogP contribution in [0.3, 0.4) is 0 Å². The molecule has 2 aliphatic carbocycles. The van der Waals surface area contributed by atoms with E-state index in [1.165, 1.54) is 4.90 Å². The van der Waals surface area contributed by atoms with Gasteiger partial charge in [-0.2, -0.15) is 5.26 Å². The molecule has 1 saturated heterocycles. The van der Waals surface area contributed by atoms with Crippen LogP contribution in [0.5, 0.6) is 0 Å². The van der Waals surface area contributed by atoms with Crippen molar-refractivity contribution in [2.75, 3.05) is 12.3 Å². The van der Waals surface area contributed by atoms with Crippen molar-refractivity contribution < 1.29 is 22.7 Å². The topological polar surface area (TPSA) is 108 Å². The molecule has 3 fully saturated rings. The molecule has 0 spiro atoms. The fraction of sp³-hybridized carbons (Fsp3) is 0.833. The number of nitrogens with zero attached hydrogens (tertiary/aromatic N) is 3. The summed E-state index contributed by atoms with van der Waals surface area (Å²) in [5, 5.41) is 8.54. The number of hydrogen-bond donors (Lipinski definition) is 0. The Morgan fingerprint density at radius 1 is 1.22 bits per heavy atom. The third-order valence-corrected chi connectivity index (χ3v) is 7.40. The molecule has 0 bridgehead atoms. The molecule has 2 atom stereocenters. The van der Waals surface area contributed by atoms with Gasteiger partial charge in [0.1, 0.15) is 11.6 Å². The van der Waals surface area contributed by atoms with Gasteiger partial charge in [-0.3, -0.25) is 9.69 Å². The summed E-state index contributed by atoms with van der Waals surface area (Å²) in [5.41, 5.74) is -0.763. The van der Waals surface area contributed by atoms with Gasteiger partial charge in [0.2, 0.25) is 0 Å². The summed E-state index contributed by atoms with van der Waals surface area (Å²) in [4.78, 5) is 27.8. The van der Waals surface area contributed by atoms with E-state index in [0.29, 0.717) is 0 Å². The molecule has 2 saturated carbocycles. The summed E-state index contributed by atoms with van der Waals surface area (Å²) >= 11 is 0. The maximum Gasteiger partial charge on any atom is 0.411 e. The van der Waals surface area contributed by atoms with Crippen LogP contribution in [0.1, 0.15) is 52.9 Å². The highest BCUT2D eigenvalue weighted by atomic mass is 32.2. The molecule has 0 N–H and O–H groups in total. The molecular weight excluding hydrogens is 370 g/mol. The molecule has 1 heterocycles. The lowest BCUT2D eigenvalue weighted by molar-refractivity contribution is -0.133. The highest BCUT2D eigenvalue weighted by Gasteiger charge is 2.49. The Morgan fingerprint density at radius 3 is 2.33 bits per heavy atom. The van der Waals surface area contributed by atoms with E-state index in [1.807, 2.05) is 6.19 Å². The Balaban J connectivity index is 1.81. The maximum atomic E-state index is 12.9. The van der Waals surface area contributed by atoms with Crippen LogP contribution in [0.4, 0.5) is 4.79 Å². The molecule has 3 rings (SSSR count). The van der Waals surface area contributed by atoms with Crippen LogP contribution in [0.2, 0.25) is 0 Å². The molecule has 9 heteroatoms. The third kappa shape index (κ3) is 4.72. The van der Waals surface area contributed by atoms with Crippen LogP contribution < -0.4 is 0 Å². The zero-order valence-corrected chi connectivity index (χ0v) is 16.9. The van der Waals surface area contributed by atoms with Crippen molar-refractivity contribution in [3.8, 4) is 6.19 Å². The number of hydrogen-bond acceptors (Lipinski definition) is 6. The number of rotatable bonds is 5. The van der Waals surface area contributed by atoms with Crippen molar-refractivity contribution in [1.29, 1.82) is 5.26 Å². The predicted octanol–water partition coefficient (Wildman–Crippen LogP) is 1.66. The van der Waals surface area contributed by atoms with Crippen LogP contribution >= 0.6 is 0 Å². The third-order valence-electron chi connectivity index (χ3n) is 5.11. The highest BCUT2D eigenvalue weighted by Crippen LogP contribution is 2.35. The highest BCUT2D eigenvalue weighted by molar-refractivity contribution is 7.92. The molecule has 1 aliphatic heterocycles. The van der Waals surface area contributed by atoms with Crippen LogP contribution in [0, 0.1) is 17.4 Å². The fourth-order valence-corrected chi connectivity index (χ4v) is 5.49. The predicted molar refractivity (Wildman–Crippen MR) is 97.1 cm³/mol. The van der Waals surface area contributed by atoms with Crippen molar-refractivity contribution in [3.05, 3.63) is 0 Å². The first-order valence-corrected chi connectivity index (χ1v) is 11.2. The minimum Gasteiger partial charge on any atom is -0.444 e. The van der Waals surface area contributed by atoms with Gasteiger partial charge in [-0.25, -0.2) is 18.1 Å². The molecule has 150 valence electrons. The van der Waals surface area contributed by atoms with Gasteiger partial charge in [-0.05, 0) is 58.8 Å². The summed E-state index contributed by atoms with van der Waals surface area (Å²) in [5.74, 6) is -0.206. The van der Waals surface area contributed by atoms with Crippen molar-refractivity contribution in [2.24, 2.45) is 5.92 Å². The lowest BCUT2D eigenvalue weighted by Gasteiger charge is -2.29. The first-order valence-electron chi connectivity index (χ1n) is 9.46. The van der Waals surface area contributed by atoms with E-state index in [9.17, 15) is 23.3 Å². The van der Waals surface area contributed by atoms with Crippen molar-refractivity contribution in [1.82, 2.24) is 9.80 Å². The van der Waals surface area contributed by atoms with E-state index < -0.39 is 38.7 Å². The van der Waals surface area contributed by atoms with Crippen LogP contribution in [-0.4, -0.2) is 65.5 Å². The van der Waals surface area contributed by atoms with E-state index in [1.54, 1.807) is 20.8 Å². The number of likely N-dealkylation sites (tertiary alicyclic amines) is 1. The number of ether oxygens (including phenoxy) is 1. The van der Waals surface area contributed by atoms with Gasteiger partial charge in [0, 0.05) is 12.6 Å². The lowest BCUT2D eigenvalue weighted by Crippen LogP contribution is -2.48. The lowest BCUT2D eigenvalue weighted by atomic mass is 10.2. The van der Waals surface area contributed by atoms with Gasteiger partial charge >= 0.3 is 6.09 Å². The molecule has 8 nitrogen and oxygen atoms in total. The Hall–Kier alpha value is -1.82. The summed E-state index contributed by atoms with van der Waals surface area (Å²) in [6, 6.07) is -1.11. The Bertz CT molecular complexity index is 759. The molecule has 0 aromatic carbocycles. The van der Waals surface area contributed by atoms with Crippen LogP contribution in [0.25, 0.3) is 0 Å². The number of amides is 2. The number of carbonyl (C=O) groups is 2. The minimum atomic E-state index is -3.41. The van der Waals surface area contributed by atoms with Crippen molar-refractivity contribution >= 4 is 21.8 Å². The molecule has 3 aliphatic rings. The number of sulfone groups is 1.